The van der Waals surface area contributed by atoms with E-state index in [2.05, 4.69) is 39.1 Å². The molecule has 4 nitrogen and oxygen atoms in total. The molecule has 0 fully saturated rings. The summed E-state index contributed by atoms with van der Waals surface area (Å²) in [6.07, 6.45) is 1.52. The first-order valence-electron chi connectivity index (χ1n) is 6.81. The average molecular weight is 439 g/mol. The Bertz CT molecular complexity index is 887. The highest BCUT2D eigenvalue weighted by Crippen LogP contribution is 2.28. The molecule has 0 amide bonds. The van der Waals surface area contributed by atoms with Crippen LogP contribution in [0.1, 0.15) is 10.4 Å². The van der Waals surface area contributed by atoms with Crippen molar-refractivity contribution in [3.05, 3.63) is 63.2 Å². The van der Waals surface area contributed by atoms with Crippen LogP contribution in [0.4, 0.5) is 0 Å². The van der Waals surface area contributed by atoms with Crippen LogP contribution in [-0.4, -0.2) is 22.5 Å². The number of aromatic nitrogens is 2. The number of halogens is 2. The van der Waals surface area contributed by atoms with Gasteiger partial charge in [0, 0.05) is 9.13 Å². The third-order valence-electron chi connectivity index (χ3n) is 3.23. The fraction of sp³-hybridized carbons (Fsp3) is 0.0588. The fourth-order valence-electron chi connectivity index (χ4n) is 2.16. The van der Waals surface area contributed by atoms with Crippen molar-refractivity contribution in [3.63, 3.8) is 0 Å². The number of aromatic amines is 1. The van der Waals surface area contributed by atoms with Gasteiger partial charge in [-0.25, -0.2) is 9.78 Å². The molecule has 0 aliphatic rings. The SMILES string of the molecule is C=CCOC(=O)c1cc(Cl)c2nc(-c3ccc(I)cc3)[nH]c2c1. The largest absolute Gasteiger partial charge is 0.458 e. The minimum absolute atomic E-state index is 0.158. The van der Waals surface area contributed by atoms with Crippen molar-refractivity contribution in [1.82, 2.24) is 9.97 Å². The molecule has 0 saturated carbocycles. The number of benzene rings is 2. The van der Waals surface area contributed by atoms with Gasteiger partial charge in [-0.15, -0.1) is 0 Å². The number of nitrogens with zero attached hydrogens (tertiary/aromatic N) is 1. The van der Waals surface area contributed by atoms with Crippen LogP contribution < -0.4 is 0 Å². The maximum Gasteiger partial charge on any atom is 0.338 e. The van der Waals surface area contributed by atoms with Gasteiger partial charge in [0.05, 0.1) is 16.1 Å². The first kappa shape index (κ1) is 16.0. The molecule has 3 aromatic rings. The maximum absolute atomic E-state index is 11.9. The molecule has 0 radical (unpaired) electrons. The Labute approximate surface area is 151 Å². The van der Waals surface area contributed by atoms with Gasteiger partial charge in [-0.1, -0.05) is 36.4 Å². The van der Waals surface area contributed by atoms with Gasteiger partial charge >= 0.3 is 5.97 Å². The number of hydrogen-bond donors (Lipinski definition) is 1. The zero-order valence-electron chi connectivity index (χ0n) is 12.0. The van der Waals surface area contributed by atoms with Crippen LogP contribution in [0.25, 0.3) is 22.4 Å². The highest BCUT2D eigenvalue weighted by atomic mass is 127. The molecule has 23 heavy (non-hydrogen) atoms. The van der Waals surface area contributed by atoms with Crippen LogP contribution in [0, 0.1) is 3.57 Å². The zero-order valence-corrected chi connectivity index (χ0v) is 14.9. The Morgan fingerprint density at radius 3 is 2.78 bits per heavy atom. The van der Waals surface area contributed by atoms with Crippen molar-refractivity contribution >= 4 is 51.2 Å². The highest BCUT2D eigenvalue weighted by molar-refractivity contribution is 14.1. The van der Waals surface area contributed by atoms with Crippen molar-refractivity contribution in [2.45, 2.75) is 0 Å². The zero-order chi connectivity index (χ0) is 16.4. The molecule has 0 bridgehead atoms. The van der Waals surface area contributed by atoms with Gasteiger partial charge in [-0.05, 0) is 46.9 Å². The second kappa shape index (κ2) is 6.72. The monoisotopic (exact) mass is 438 g/mol. The molecule has 0 unspecified atom stereocenters. The lowest BCUT2D eigenvalue weighted by Gasteiger charge is -2.02. The minimum Gasteiger partial charge on any atom is -0.458 e. The van der Waals surface area contributed by atoms with Crippen LogP contribution in [0.2, 0.25) is 5.02 Å². The molecule has 1 aromatic heterocycles. The van der Waals surface area contributed by atoms with Crippen molar-refractivity contribution in [3.8, 4) is 11.4 Å². The van der Waals surface area contributed by atoms with Crippen molar-refractivity contribution in [2.75, 3.05) is 6.61 Å². The van der Waals surface area contributed by atoms with E-state index < -0.39 is 5.97 Å². The van der Waals surface area contributed by atoms with Gasteiger partial charge in [0.15, 0.2) is 0 Å². The molecule has 1 heterocycles. The van der Waals surface area contributed by atoms with E-state index in [0.29, 0.717) is 27.4 Å². The van der Waals surface area contributed by atoms with Gasteiger partial charge in [-0.2, -0.15) is 0 Å². The van der Waals surface area contributed by atoms with Crippen LogP contribution in [0.5, 0.6) is 0 Å². The van der Waals surface area contributed by atoms with Gasteiger partial charge in [0.1, 0.15) is 17.9 Å². The van der Waals surface area contributed by atoms with Crippen LogP contribution in [0.15, 0.2) is 49.1 Å². The highest BCUT2D eigenvalue weighted by Gasteiger charge is 2.14. The molecule has 3 rings (SSSR count). The number of nitrogens with one attached hydrogen (secondary N) is 1. The predicted octanol–water partition coefficient (Wildman–Crippen LogP) is 4.83. The Balaban J connectivity index is 2.02. The number of carbonyl (C=O) groups excluding carboxylic acids is 1. The third-order valence-corrected chi connectivity index (χ3v) is 4.23. The van der Waals surface area contributed by atoms with Crippen molar-refractivity contribution < 1.29 is 9.53 Å². The lowest BCUT2D eigenvalue weighted by atomic mass is 10.2. The van der Waals surface area contributed by atoms with E-state index in [0.717, 1.165) is 9.13 Å². The number of H-pyrrole nitrogens is 1. The van der Waals surface area contributed by atoms with E-state index >= 15 is 0 Å². The summed E-state index contributed by atoms with van der Waals surface area (Å²) in [7, 11) is 0. The molecule has 6 heteroatoms. The van der Waals surface area contributed by atoms with E-state index in [1.807, 2.05) is 24.3 Å². The van der Waals surface area contributed by atoms with Gasteiger partial charge in [0.25, 0.3) is 0 Å². The summed E-state index contributed by atoms with van der Waals surface area (Å²) in [5.41, 5.74) is 2.65. The normalized spacial score (nSPS) is 10.7. The summed E-state index contributed by atoms with van der Waals surface area (Å²) in [5.74, 6) is 0.258. The molecule has 0 aliphatic heterocycles. The second-order valence-electron chi connectivity index (χ2n) is 4.83. The number of imidazole rings is 1. The summed E-state index contributed by atoms with van der Waals surface area (Å²) in [6.45, 7) is 3.67. The first-order chi connectivity index (χ1) is 11.1. The molecule has 0 atom stereocenters. The Kier molecular flexibility index (Phi) is 4.68. The van der Waals surface area contributed by atoms with E-state index in [-0.39, 0.29) is 6.61 Å². The fourth-order valence-corrected chi connectivity index (χ4v) is 2.78. The summed E-state index contributed by atoms with van der Waals surface area (Å²) < 4.78 is 6.18. The van der Waals surface area contributed by atoms with E-state index in [1.165, 1.54) is 6.08 Å². The lowest BCUT2D eigenvalue weighted by molar-refractivity contribution is 0.0550. The number of carbonyl (C=O) groups is 1. The maximum atomic E-state index is 11.9. The first-order valence-corrected chi connectivity index (χ1v) is 8.27. The topological polar surface area (TPSA) is 55.0 Å². The number of esters is 1. The summed E-state index contributed by atoms with van der Waals surface area (Å²) in [6, 6.07) is 11.2. The van der Waals surface area contributed by atoms with Crippen molar-refractivity contribution in [1.29, 1.82) is 0 Å². The van der Waals surface area contributed by atoms with Crippen LogP contribution in [-0.2, 0) is 4.74 Å². The molecule has 2 aromatic carbocycles. The minimum atomic E-state index is -0.445. The van der Waals surface area contributed by atoms with Gasteiger partial charge in [-0.3, -0.25) is 0 Å². The number of hydrogen-bond acceptors (Lipinski definition) is 3. The Morgan fingerprint density at radius 2 is 2.09 bits per heavy atom. The van der Waals surface area contributed by atoms with E-state index in [4.69, 9.17) is 16.3 Å². The average Bonchev–Trinajstić information content (AvgIpc) is 2.98. The predicted molar refractivity (Wildman–Crippen MR) is 99.7 cm³/mol. The van der Waals surface area contributed by atoms with Gasteiger partial charge < -0.3 is 9.72 Å². The number of fused-ring (bicyclic) bond motifs is 1. The van der Waals surface area contributed by atoms with Crippen LogP contribution >= 0.6 is 34.2 Å². The number of rotatable bonds is 4. The van der Waals surface area contributed by atoms with Crippen molar-refractivity contribution in [2.24, 2.45) is 0 Å². The summed E-state index contributed by atoms with van der Waals surface area (Å²) in [5, 5.41) is 0.404. The Morgan fingerprint density at radius 1 is 1.35 bits per heavy atom. The molecular formula is C17H12ClIN2O2. The molecular weight excluding hydrogens is 427 g/mol. The summed E-state index contributed by atoms with van der Waals surface area (Å²) >= 11 is 8.50. The smallest absolute Gasteiger partial charge is 0.338 e. The van der Waals surface area contributed by atoms with Crippen LogP contribution in [0.3, 0.4) is 0 Å². The van der Waals surface area contributed by atoms with E-state index in [1.54, 1.807) is 12.1 Å². The Hall–Kier alpha value is -1.86. The standard InChI is InChI=1S/C17H12ClIN2O2/c1-2-7-23-17(22)11-8-13(18)15-14(9-11)20-16(21-15)10-3-5-12(19)6-4-10/h2-6,8-9H,1,7H2,(H,20,21). The number of ether oxygens (including phenoxy) is 1. The quantitative estimate of drug-likeness (QED) is 0.361. The molecule has 0 spiro atoms. The molecule has 1 N–H and O–H groups in total. The summed E-state index contributed by atoms with van der Waals surface area (Å²) in [4.78, 5) is 19.7. The van der Waals surface area contributed by atoms with E-state index in [9.17, 15) is 4.79 Å². The molecule has 0 aliphatic carbocycles. The second-order valence-corrected chi connectivity index (χ2v) is 6.49. The van der Waals surface area contributed by atoms with Gasteiger partial charge in [0.2, 0.25) is 0 Å². The molecule has 116 valence electrons. The molecule has 0 saturated heterocycles. The lowest BCUT2D eigenvalue weighted by Crippen LogP contribution is -2.04. The third kappa shape index (κ3) is 3.40.